The Labute approximate surface area is 107 Å². The molecule has 0 bridgehead atoms. The van der Waals surface area contributed by atoms with E-state index in [2.05, 4.69) is 19.2 Å². The van der Waals surface area contributed by atoms with Crippen LogP contribution in [0.25, 0.3) is 11.0 Å². The van der Waals surface area contributed by atoms with Gasteiger partial charge in [0.1, 0.15) is 17.2 Å². The van der Waals surface area contributed by atoms with Gasteiger partial charge in [0.05, 0.1) is 6.54 Å². The third-order valence-corrected chi connectivity index (χ3v) is 3.19. The molecule has 0 aliphatic carbocycles. The Morgan fingerprint density at radius 3 is 2.72 bits per heavy atom. The molecule has 18 heavy (non-hydrogen) atoms. The maximum Gasteiger partial charge on any atom is 0.137 e. The lowest BCUT2D eigenvalue weighted by Crippen LogP contribution is -2.14. The van der Waals surface area contributed by atoms with Crippen LogP contribution in [0.4, 0.5) is 4.39 Å². The Kier molecular flexibility index (Phi) is 4.02. The molecule has 2 aromatic rings. The van der Waals surface area contributed by atoms with Gasteiger partial charge in [-0.1, -0.05) is 13.8 Å². The highest BCUT2D eigenvalue weighted by Gasteiger charge is 2.14. The number of hydrogen-bond acceptors (Lipinski definition) is 2. The van der Waals surface area contributed by atoms with Gasteiger partial charge >= 0.3 is 0 Å². The van der Waals surface area contributed by atoms with Gasteiger partial charge in [-0.15, -0.1) is 0 Å². The minimum Gasteiger partial charge on any atom is -0.459 e. The van der Waals surface area contributed by atoms with E-state index in [1.54, 1.807) is 6.07 Å². The summed E-state index contributed by atoms with van der Waals surface area (Å²) < 4.78 is 19.4. The molecule has 0 amide bonds. The van der Waals surface area contributed by atoms with Crippen molar-refractivity contribution in [3.63, 3.8) is 0 Å². The van der Waals surface area contributed by atoms with Crippen LogP contribution in [0, 0.1) is 12.7 Å². The lowest BCUT2D eigenvalue weighted by Gasteiger charge is -2.01. The van der Waals surface area contributed by atoms with E-state index in [-0.39, 0.29) is 5.82 Å². The zero-order valence-corrected chi connectivity index (χ0v) is 11.3. The van der Waals surface area contributed by atoms with Crippen LogP contribution in [0.2, 0.25) is 0 Å². The molecule has 1 N–H and O–H groups in total. The van der Waals surface area contributed by atoms with Crippen molar-refractivity contribution in [2.24, 2.45) is 0 Å². The number of furan rings is 1. The zero-order valence-electron chi connectivity index (χ0n) is 11.3. The number of fused-ring (bicyclic) bond motifs is 1. The van der Waals surface area contributed by atoms with Crippen molar-refractivity contribution in [1.82, 2.24) is 5.32 Å². The first-order valence-corrected chi connectivity index (χ1v) is 6.58. The first-order chi connectivity index (χ1) is 8.67. The third-order valence-electron chi connectivity index (χ3n) is 3.19. The molecule has 0 unspecified atom stereocenters. The molecule has 2 nitrogen and oxygen atoms in total. The second kappa shape index (κ2) is 5.53. The summed E-state index contributed by atoms with van der Waals surface area (Å²) in [7, 11) is 0. The van der Waals surface area contributed by atoms with E-state index in [1.807, 2.05) is 6.92 Å². The summed E-state index contributed by atoms with van der Waals surface area (Å²) in [4.78, 5) is 0. The molecule has 0 aliphatic rings. The molecule has 1 aromatic carbocycles. The molecule has 0 spiro atoms. The summed E-state index contributed by atoms with van der Waals surface area (Å²) >= 11 is 0. The van der Waals surface area contributed by atoms with E-state index in [0.29, 0.717) is 6.54 Å². The number of nitrogens with one attached hydrogen (secondary N) is 1. The molecule has 2 rings (SSSR count). The van der Waals surface area contributed by atoms with Crippen LogP contribution < -0.4 is 5.32 Å². The number of rotatable bonds is 5. The summed E-state index contributed by atoms with van der Waals surface area (Å²) in [6, 6.07) is 3.10. The fourth-order valence-corrected chi connectivity index (χ4v) is 2.33. The summed E-state index contributed by atoms with van der Waals surface area (Å²) in [5.74, 6) is 0.748. The van der Waals surface area contributed by atoms with Gasteiger partial charge in [-0.3, -0.25) is 0 Å². The van der Waals surface area contributed by atoms with E-state index >= 15 is 0 Å². The van der Waals surface area contributed by atoms with E-state index in [1.165, 1.54) is 6.07 Å². The van der Waals surface area contributed by atoms with Crippen LogP contribution >= 0.6 is 0 Å². The SMILES string of the molecule is CCCNCc1oc2c(C)cc(F)cc2c1CC. The van der Waals surface area contributed by atoms with Gasteiger partial charge in [-0.2, -0.15) is 0 Å². The Morgan fingerprint density at radius 2 is 2.06 bits per heavy atom. The maximum atomic E-state index is 13.5. The fraction of sp³-hybridized carbons (Fsp3) is 0.467. The normalized spacial score (nSPS) is 11.3. The van der Waals surface area contributed by atoms with Gasteiger partial charge < -0.3 is 9.73 Å². The number of hydrogen-bond donors (Lipinski definition) is 1. The number of benzene rings is 1. The van der Waals surface area contributed by atoms with E-state index < -0.39 is 0 Å². The topological polar surface area (TPSA) is 25.2 Å². The average molecular weight is 249 g/mol. The van der Waals surface area contributed by atoms with Gasteiger partial charge in [-0.05, 0) is 44.0 Å². The fourth-order valence-electron chi connectivity index (χ4n) is 2.33. The highest BCUT2D eigenvalue weighted by atomic mass is 19.1. The van der Waals surface area contributed by atoms with E-state index in [4.69, 9.17) is 4.42 Å². The van der Waals surface area contributed by atoms with Crippen molar-refractivity contribution < 1.29 is 8.81 Å². The minimum atomic E-state index is -0.191. The number of halogens is 1. The molecule has 1 aromatic heterocycles. The van der Waals surface area contributed by atoms with Gasteiger partial charge in [0, 0.05) is 10.9 Å². The van der Waals surface area contributed by atoms with Crippen molar-refractivity contribution in [1.29, 1.82) is 0 Å². The Hall–Kier alpha value is -1.35. The third kappa shape index (κ3) is 2.41. The summed E-state index contributed by atoms with van der Waals surface area (Å²) in [6.07, 6.45) is 1.95. The van der Waals surface area contributed by atoms with Crippen molar-refractivity contribution in [2.75, 3.05) is 6.54 Å². The van der Waals surface area contributed by atoms with Crippen molar-refractivity contribution in [3.05, 3.63) is 34.8 Å². The lowest BCUT2D eigenvalue weighted by atomic mass is 10.1. The van der Waals surface area contributed by atoms with Crippen LogP contribution in [0.3, 0.4) is 0 Å². The standard InChI is InChI=1S/C15H20FNO/c1-4-6-17-9-14-12(5-2)13-8-11(16)7-10(3)15(13)18-14/h7-8,17H,4-6,9H2,1-3H3. The molecular weight excluding hydrogens is 229 g/mol. The monoisotopic (exact) mass is 249 g/mol. The van der Waals surface area contributed by atoms with Crippen LogP contribution in [-0.2, 0) is 13.0 Å². The lowest BCUT2D eigenvalue weighted by molar-refractivity contribution is 0.506. The molecule has 0 fully saturated rings. The van der Waals surface area contributed by atoms with Crippen LogP contribution in [-0.4, -0.2) is 6.54 Å². The minimum absolute atomic E-state index is 0.191. The Morgan fingerprint density at radius 1 is 1.28 bits per heavy atom. The summed E-state index contributed by atoms with van der Waals surface area (Å²) in [5.41, 5.74) is 2.80. The molecule has 0 saturated heterocycles. The maximum absolute atomic E-state index is 13.5. The highest BCUT2D eigenvalue weighted by molar-refractivity contribution is 5.85. The van der Waals surface area contributed by atoms with E-state index in [9.17, 15) is 4.39 Å². The number of aryl methyl sites for hydroxylation is 2. The molecular formula is C15H20FNO. The first kappa shape index (κ1) is 13.1. The molecule has 98 valence electrons. The van der Waals surface area contributed by atoms with Gasteiger partial charge in [-0.25, -0.2) is 4.39 Å². The van der Waals surface area contributed by atoms with Crippen molar-refractivity contribution >= 4 is 11.0 Å². The average Bonchev–Trinajstić information content (AvgIpc) is 2.67. The van der Waals surface area contributed by atoms with Gasteiger partial charge in [0.15, 0.2) is 0 Å². The second-order valence-electron chi connectivity index (χ2n) is 4.63. The predicted molar refractivity (Wildman–Crippen MR) is 72.3 cm³/mol. The van der Waals surface area contributed by atoms with E-state index in [0.717, 1.165) is 47.2 Å². The molecule has 1 heterocycles. The molecule has 3 heteroatoms. The molecule has 0 atom stereocenters. The molecule has 0 saturated carbocycles. The largest absolute Gasteiger partial charge is 0.459 e. The first-order valence-electron chi connectivity index (χ1n) is 6.58. The van der Waals surface area contributed by atoms with Crippen LogP contribution in [0.1, 0.15) is 37.2 Å². The van der Waals surface area contributed by atoms with Crippen molar-refractivity contribution in [2.45, 2.75) is 40.2 Å². The summed E-state index contributed by atoms with van der Waals surface area (Å²) in [5, 5.41) is 4.25. The zero-order chi connectivity index (χ0) is 13.1. The summed E-state index contributed by atoms with van der Waals surface area (Å²) in [6.45, 7) is 7.78. The second-order valence-corrected chi connectivity index (χ2v) is 4.63. The Bertz CT molecular complexity index is 545. The van der Waals surface area contributed by atoms with Gasteiger partial charge in [0.25, 0.3) is 0 Å². The molecule has 0 radical (unpaired) electrons. The van der Waals surface area contributed by atoms with Gasteiger partial charge in [0.2, 0.25) is 0 Å². The van der Waals surface area contributed by atoms with Crippen molar-refractivity contribution in [3.8, 4) is 0 Å². The van der Waals surface area contributed by atoms with Crippen LogP contribution in [0.5, 0.6) is 0 Å². The van der Waals surface area contributed by atoms with Crippen LogP contribution in [0.15, 0.2) is 16.5 Å². The Balaban J connectivity index is 2.44. The highest BCUT2D eigenvalue weighted by Crippen LogP contribution is 2.29. The molecule has 0 aliphatic heterocycles. The predicted octanol–water partition coefficient (Wildman–Crippen LogP) is 3.94. The quantitative estimate of drug-likeness (QED) is 0.812. The smallest absolute Gasteiger partial charge is 0.137 e.